The van der Waals surface area contributed by atoms with Crippen molar-refractivity contribution in [3.63, 3.8) is 0 Å². The fraction of sp³-hybridized carbons (Fsp3) is 0.667. The Bertz CT molecular complexity index is 600. The Balaban J connectivity index is 1.25. The van der Waals surface area contributed by atoms with E-state index in [2.05, 4.69) is 31.2 Å². The SMILES string of the molecule is Cc1ccc(CC(=O)N2CCC3(CC2)C[C@H](OCC2CC2)CO3)cc1. The summed E-state index contributed by atoms with van der Waals surface area (Å²) in [6.07, 6.45) is 6.30. The number of nitrogens with zero attached hydrogens (tertiary/aromatic N) is 1. The number of hydrogen-bond acceptors (Lipinski definition) is 3. The first-order valence-electron chi connectivity index (χ1n) is 9.71. The number of aryl methyl sites for hydroxylation is 1. The predicted octanol–water partition coefficient (Wildman–Crippen LogP) is 3.11. The van der Waals surface area contributed by atoms with Crippen LogP contribution in [0.4, 0.5) is 0 Å². The highest BCUT2D eigenvalue weighted by Gasteiger charge is 2.44. The van der Waals surface area contributed by atoms with Crippen molar-refractivity contribution >= 4 is 5.91 Å². The van der Waals surface area contributed by atoms with Crippen molar-refractivity contribution < 1.29 is 14.3 Å². The Kier molecular flexibility index (Phi) is 4.83. The molecule has 1 aromatic rings. The Morgan fingerprint density at radius 2 is 1.96 bits per heavy atom. The van der Waals surface area contributed by atoms with E-state index in [-0.39, 0.29) is 17.6 Å². The number of hydrogen-bond donors (Lipinski definition) is 0. The van der Waals surface area contributed by atoms with Crippen molar-refractivity contribution in [1.29, 1.82) is 0 Å². The first-order chi connectivity index (χ1) is 12.1. The Morgan fingerprint density at radius 3 is 2.64 bits per heavy atom. The topological polar surface area (TPSA) is 38.8 Å². The molecule has 0 N–H and O–H groups in total. The molecule has 1 saturated carbocycles. The van der Waals surface area contributed by atoms with Gasteiger partial charge in [-0.3, -0.25) is 4.79 Å². The summed E-state index contributed by atoms with van der Waals surface area (Å²) in [4.78, 5) is 14.6. The second-order valence-corrected chi connectivity index (χ2v) is 8.14. The molecule has 4 heteroatoms. The zero-order valence-electron chi connectivity index (χ0n) is 15.2. The number of likely N-dealkylation sites (tertiary alicyclic amines) is 1. The Labute approximate surface area is 150 Å². The lowest BCUT2D eigenvalue weighted by Crippen LogP contribution is -2.47. The number of carbonyl (C=O) groups excluding carboxylic acids is 1. The van der Waals surface area contributed by atoms with Gasteiger partial charge in [0.05, 0.1) is 24.7 Å². The number of carbonyl (C=O) groups is 1. The molecule has 1 atom stereocenters. The number of ether oxygens (including phenoxy) is 2. The fourth-order valence-electron chi connectivity index (χ4n) is 3.97. The first-order valence-corrected chi connectivity index (χ1v) is 9.71. The molecule has 1 amide bonds. The van der Waals surface area contributed by atoms with Gasteiger partial charge >= 0.3 is 0 Å². The standard InChI is InChI=1S/C21H29NO3/c1-16-2-4-17(5-3-16)12-20(23)22-10-8-21(9-11-22)13-19(15-25-21)24-14-18-6-7-18/h2-5,18-19H,6-15H2,1H3/t19-/m0/s1. The van der Waals surface area contributed by atoms with E-state index in [1.54, 1.807) is 0 Å². The normalized spacial score (nSPS) is 25.5. The molecule has 136 valence electrons. The highest BCUT2D eigenvalue weighted by molar-refractivity contribution is 5.78. The molecule has 25 heavy (non-hydrogen) atoms. The van der Waals surface area contributed by atoms with Gasteiger partial charge < -0.3 is 14.4 Å². The molecule has 2 aliphatic heterocycles. The van der Waals surface area contributed by atoms with Gasteiger partial charge in [-0.15, -0.1) is 0 Å². The summed E-state index contributed by atoms with van der Waals surface area (Å²) in [7, 11) is 0. The van der Waals surface area contributed by atoms with Crippen LogP contribution in [0.2, 0.25) is 0 Å². The maximum atomic E-state index is 12.6. The largest absolute Gasteiger partial charge is 0.375 e. The summed E-state index contributed by atoms with van der Waals surface area (Å²) < 4.78 is 12.2. The molecule has 0 radical (unpaired) electrons. The molecule has 1 aromatic carbocycles. The van der Waals surface area contributed by atoms with E-state index in [4.69, 9.17) is 9.47 Å². The number of benzene rings is 1. The van der Waals surface area contributed by atoms with Gasteiger partial charge in [0, 0.05) is 26.1 Å². The molecule has 2 saturated heterocycles. The maximum absolute atomic E-state index is 12.6. The second-order valence-electron chi connectivity index (χ2n) is 8.14. The zero-order chi connectivity index (χ0) is 17.3. The van der Waals surface area contributed by atoms with Gasteiger partial charge in [0.15, 0.2) is 0 Å². The van der Waals surface area contributed by atoms with Gasteiger partial charge in [-0.05, 0) is 44.1 Å². The van der Waals surface area contributed by atoms with Gasteiger partial charge in [-0.1, -0.05) is 29.8 Å². The third-order valence-corrected chi connectivity index (χ3v) is 5.94. The number of rotatable bonds is 5. The Hall–Kier alpha value is -1.39. The third-order valence-electron chi connectivity index (χ3n) is 5.94. The predicted molar refractivity (Wildman–Crippen MR) is 96.5 cm³/mol. The monoisotopic (exact) mass is 343 g/mol. The van der Waals surface area contributed by atoms with Crippen LogP contribution in [0.3, 0.4) is 0 Å². The molecule has 4 rings (SSSR count). The van der Waals surface area contributed by atoms with Crippen LogP contribution in [-0.4, -0.2) is 48.8 Å². The molecule has 1 spiro atoms. The quantitative estimate of drug-likeness (QED) is 0.824. The van der Waals surface area contributed by atoms with E-state index >= 15 is 0 Å². The summed E-state index contributed by atoms with van der Waals surface area (Å²) in [5.41, 5.74) is 2.28. The fourth-order valence-corrected chi connectivity index (χ4v) is 3.97. The molecule has 4 nitrogen and oxygen atoms in total. The van der Waals surface area contributed by atoms with Crippen LogP contribution >= 0.6 is 0 Å². The number of amides is 1. The van der Waals surface area contributed by atoms with Crippen LogP contribution in [0.5, 0.6) is 0 Å². The van der Waals surface area contributed by atoms with Crippen LogP contribution in [-0.2, 0) is 20.7 Å². The van der Waals surface area contributed by atoms with Crippen molar-refractivity contribution in [2.45, 2.75) is 57.2 Å². The zero-order valence-corrected chi connectivity index (χ0v) is 15.2. The van der Waals surface area contributed by atoms with Crippen molar-refractivity contribution in [3.8, 4) is 0 Å². The lowest BCUT2D eigenvalue weighted by Gasteiger charge is -2.38. The lowest BCUT2D eigenvalue weighted by atomic mass is 9.87. The summed E-state index contributed by atoms with van der Waals surface area (Å²) in [6.45, 7) is 5.31. The highest BCUT2D eigenvalue weighted by atomic mass is 16.6. The van der Waals surface area contributed by atoms with Crippen molar-refractivity contribution in [2.75, 3.05) is 26.3 Å². The minimum atomic E-state index is -0.0468. The Morgan fingerprint density at radius 1 is 1.24 bits per heavy atom. The number of piperidine rings is 1. The average molecular weight is 343 g/mol. The van der Waals surface area contributed by atoms with Gasteiger partial charge in [0.2, 0.25) is 5.91 Å². The average Bonchev–Trinajstić information content (AvgIpc) is 3.37. The second kappa shape index (κ2) is 7.08. The summed E-state index contributed by atoms with van der Waals surface area (Å²) in [5, 5.41) is 0. The maximum Gasteiger partial charge on any atom is 0.226 e. The highest BCUT2D eigenvalue weighted by Crippen LogP contribution is 2.38. The van der Waals surface area contributed by atoms with Crippen molar-refractivity contribution in [3.05, 3.63) is 35.4 Å². The molecular weight excluding hydrogens is 314 g/mol. The summed E-state index contributed by atoms with van der Waals surface area (Å²) in [5.74, 6) is 1.04. The molecule has 0 aromatic heterocycles. The van der Waals surface area contributed by atoms with Gasteiger partial charge in [-0.2, -0.15) is 0 Å². The summed E-state index contributed by atoms with van der Waals surface area (Å²) >= 11 is 0. The van der Waals surface area contributed by atoms with Crippen LogP contribution < -0.4 is 0 Å². The van der Waals surface area contributed by atoms with E-state index in [1.807, 2.05) is 4.90 Å². The molecule has 3 aliphatic rings. The van der Waals surface area contributed by atoms with E-state index < -0.39 is 0 Å². The van der Waals surface area contributed by atoms with E-state index in [0.29, 0.717) is 6.42 Å². The van der Waals surface area contributed by atoms with Crippen LogP contribution in [0.25, 0.3) is 0 Å². The molecular formula is C21H29NO3. The molecule has 0 unspecified atom stereocenters. The molecule has 3 fully saturated rings. The van der Waals surface area contributed by atoms with E-state index in [9.17, 15) is 4.79 Å². The lowest BCUT2D eigenvalue weighted by molar-refractivity contribution is -0.135. The van der Waals surface area contributed by atoms with Crippen LogP contribution in [0, 0.1) is 12.8 Å². The van der Waals surface area contributed by atoms with Gasteiger partial charge in [0.25, 0.3) is 0 Å². The smallest absolute Gasteiger partial charge is 0.226 e. The van der Waals surface area contributed by atoms with Crippen LogP contribution in [0.15, 0.2) is 24.3 Å². The minimum absolute atomic E-state index is 0.0468. The third kappa shape index (κ3) is 4.24. The molecule has 0 bridgehead atoms. The van der Waals surface area contributed by atoms with Crippen molar-refractivity contribution in [2.24, 2.45) is 5.92 Å². The van der Waals surface area contributed by atoms with Crippen molar-refractivity contribution in [1.82, 2.24) is 4.90 Å². The van der Waals surface area contributed by atoms with Crippen LogP contribution in [0.1, 0.15) is 43.2 Å². The minimum Gasteiger partial charge on any atom is -0.375 e. The van der Waals surface area contributed by atoms with E-state index in [1.165, 1.54) is 18.4 Å². The molecule has 1 aliphatic carbocycles. The summed E-state index contributed by atoms with van der Waals surface area (Å²) in [6, 6.07) is 8.25. The first kappa shape index (κ1) is 17.0. The van der Waals surface area contributed by atoms with E-state index in [0.717, 1.165) is 57.0 Å². The molecule has 2 heterocycles. The van der Waals surface area contributed by atoms with Gasteiger partial charge in [-0.25, -0.2) is 0 Å². The van der Waals surface area contributed by atoms with Gasteiger partial charge in [0.1, 0.15) is 0 Å².